The molecule has 2 aliphatic rings. The van der Waals surface area contributed by atoms with Gasteiger partial charge in [0.15, 0.2) is 6.10 Å². The molecule has 2 amide bonds. The van der Waals surface area contributed by atoms with E-state index in [0.717, 1.165) is 19.5 Å². The summed E-state index contributed by atoms with van der Waals surface area (Å²) in [6.45, 7) is 5.67. The molecule has 1 fully saturated rings. The van der Waals surface area contributed by atoms with Crippen LogP contribution in [0.1, 0.15) is 20.3 Å². The minimum Gasteiger partial charge on any atom is -0.479 e. The van der Waals surface area contributed by atoms with Gasteiger partial charge in [0, 0.05) is 6.04 Å². The summed E-state index contributed by atoms with van der Waals surface area (Å²) < 4.78 is 5.59. The van der Waals surface area contributed by atoms with Crippen LogP contribution in [0.2, 0.25) is 0 Å². The molecule has 0 radical (unpaired) electrons. The van der Waals surface area contributed by atoms with E-state index in [2.05, 4.69) is 17.6 Å². The molecule has 23 heavy (non-hydrogen) atoms. The Morgan fingerprint density at radius 1 is 1.39 bits per heavy atom. The van der Waals surface area contributed by atoms with Crippen LogP contribution in [0.3, 0.4) is 0 Å². The molecule has 0 aromatic heterocycles. The summed E-state index contributed by atoms with van der Waals surface area (Å²) in [6, 6.07) is 7.48. The predicted octanol–water partition coefficient (Wildman–Crippen LogP) is 0.915. The van der Waals surface area contributed by atoms with Crippen LogP contribution in [0.15, 0.2) is 24.3 Å². The lowest BCUT2D eigenvalue weighted by Gasteiger charge is -2.34. The fraction of sp³-hybridized carbons (Fsp3) is 0.529. The number of nitrogens with one attached hydrogen (secondary N) is 2. The van der Waals surface area contributed by atoms with Crippen LogP contribution in [0.4, 0.5) is 5.69 Å². The van der Waals surface area contributed by atoms with E-state index in [1.165, 1.54) is 4.90 Å². The topological polar surface area (TPSA) is 70.7 Å². The van der Waals surface area contributed by atoms with Gasteiger partial charge in [0.2, 0.25) is 5.91 Å². The van der Waals surface area contributed by atoms with Gasteiger partial charge in [-0.3, -0.25) is 14.5 Å². The molecule has 3 rings (SSSR count). The Labute approximate surface area is 136 Å². The quantitative estimate of drug-likeness (QED) is 0.869. The predicted molar refractivity (Wildman–Crippen MR) is 87.5 cm³/mol. The van der Waals surface area contributed by atoms with E-state index in [0.29, 0.717) is 17.4 Å². The molecule has 2 N–H and O–H groups in total. The Kier molecular flexibility index (Phi) is 4.52. The van der Waals surface area contributed by atoms with Crippen molar-refractivity contribution in [3.05, 3.63) is 24.3 Å². The molecule has 1 aromatic rings. The summed E-state index contributed by atoms with van der Waals surface area (Å²) in [5.41, 5.74) is 0.657. The Balaban J connectivity index is 1.71. The van der Waals surface area contributed by atoms with E-state index in [-0.39, 0.29) is 24.4 Å². The number of amides is 2. The van der Waals surface area contributed by atoms with Crippen molar-refractivity contribution in [2.75, 3.05) is 24.5 Å². The molecule has 0 bridgehead atoms. The molecule has 124 valence electrons. The lowest BCUT2D eigenvalue weighted by Crippen LogP contribution is -2.53. The number of hydrogen-bond donors (Lipinski definition) is 2. The van der Waals surface area contributed by atoms with Gasteiger partial charge in [-0.1, -0.05) is 19.1 Å². The van der Waals surface area contributed by atoms with Gasteiger partial charge in [-0.15, -0.1) is 0 Å². The third-order valence-electron chi connectivity index (χ3n) is 4.51. The van der Waals surface area contributed by atoms with Crippen molar-refractivity contribution in [3.8, 4) is 5.75 Å². The van der Waals surface area contributed by atoms with Gasteiger partial charge in [0.1, 0.15) is 12.3 Å². The maximum Gasteiger partial charge on any atom is 0.268 e. The molecular formula is C17H23N3O3. The molecule has 3 unspecified atom stereocenters. The number of piperidine rings is 1. The molecule has 0 saturated carbocycles. The van der Waals surface area contributed by atoms with Gasteiger partial charge >= 0.3 is 0 Å². The molecule has 0 aliphatic carbocycles. The van der Waals surface area contributed by atoms with E-state index >= 15 is 0 Å². The number of para-hydroxylation sites is 2. The zero-order chi connectivity index (χ0) is 16.4. The van der Waals surface area contributed by atoms with Crippen molar-refractivity contribution in [1.29, 1.82) is 0 Å². The molecule has 1 aromatic carbocycles. The van der Waals surface area contributed by atoms with Crippen LogP contribution in [0.25, 0.3) is 0 Å². The molecule has 1 saturated heterocycles. The van der Waals surface area contributed by atoms with Crippen molar-refractivity contribution in [2.24, 2.45) is 5.92 Å². The zero-order valence-electron chi connectivity index (χ0n) is 13.5. The highest BCUT2D eigenvalue weighted by atomic mass is 16.5. The van der Waals surface area contributed by atoms with Gasteiger partial charge in [-0.25, -0.2) is 0 Å². The second-order valence-corrected chi connectivity index (χ2v) is 6.30. The number of rotatable bonds is 3. The summed E-state index contributed by atoms with van der Waals surface area (Å²) in [5.74, 6) is 0.722. The average molecular weight is 317 g/mol. The summed E-state index contributed by atoms with van der Waals surface area (Å²) in [6.07, 6.45) is 0.340. The third kappa shape index (κ3) is 3.32. The van der Waals surface area contributed by atoms with Gasteiger partial charge < -0.3 is 15.4 Å². The summed E-state index contributed by atoms with van der Waals surface area (Å²) in [5, 5.41) is 6.38. The fourth-order valence-corrected chi connectivity index (χ4v) is 3.15. The number of carbonyl (C=O) groups is 2. The molecule has 0 spiro atoms. The number of nitrogens with zero attached hydrogens (tertiary/aromatic N) is 1. The van der Waals surface area contributed by atoms with E-state index in [4.69, 9.17) is 4.74 Å². The smallest absolute Gasteiger partial charge is 0.268 e. The number of ether oxygens (including phenoxy) is 1. The average Bonchev–Trinajstić information content (AvgIpc) is 2.54. The first-order valence-electron chi connectivity index (χ1n) is 8.13. The maximum absolute atomic E-state index is 12.4. The highest BCUT2D eigenvalue weighted by Gasteiger charge is 2.33. The molecule has 2 heterocycles. The summed E-state index contributed by atoms with van der Waals surface area (Å²) in [4.78, 5) is 26.3. The monoisotopic (exact) mass is 317 g/mol. The van der Waals surface area contributed by atoms with Crippen LogP contribution < -0.4 is 20.3 Å². The second kappa shape index (κ2) is 6.58. The van der Waals surface area contributed by atoms with Crippen molar-refractivity contribution < 1.29 is 14.3 Å². The van der Waals surface area contributed by atoms with Crippen LogP contribution in [-0.2, 0) is 9.59 Å². The first-order chi connectivity index (χ1) is 11.1. The maximum atomic E-state index is 12.4. The fourth-order valence-electron chi connectivity index (χ4n) is 3.15. The van der Waals surface area contributed by atoms with Crippen molar-refractivity contribution in [3.63, 3.8) is 0 Å². The molecule has 2 aliphatic heterocycles. The zero-order valence-corrected chi connectivity index (χ0v) is 13.5. The number of fused-ring (bicyclic) bond motifs is 1. The summed E-state index contributed by atoms with van der Waals surface area (Å²) >= 11 is 0. The van der Waals surface area contributed by atoms with E-state index in [1.807, 2.05) is 18.2 Å². The molecule has 3 atom stereocenters. The third-order valence-corrected chi connectivity index (χ3v) is 4.51. The van der Waals surface area contributed by atoms with Crippen LogP contribution >= 0.6 is 0 Å². The number of anilines is 1. The number of benzene rings is 1. The second-order valence-electron chi connectivity index (χ2n) is 6.30. The highest BCUT2D eigenvalue weighted by molar-refractivity contribution is 6.03. The molecule has 6 heteroatoms. The normalized spacial score (nSPS) is 27.1. The standard InChI is InChI=1S/C17H23N3O3/c1-11-9-18-8-7-13(11)19-16(21)10-20-14-5-3-4-6-15(14)23-12(2)17(20)22/h3-6,11-13,18H,7-10H2,1-2H3,(H,19,21). The molecular weight excluding hydrogens is 294 g/mol. The lowest BCUT2D eigenvalue weighted by molar-refractivity contribution is -0.128. The van der Waals surface area contributed by atoms with Crippen molar-refractivity contribution >= 4 is 17.5 Å². The van der Waals surface area contributed by atoms with Crippen molar-refractivity contribution in [1.82, 2.24) is 10.6 Å². The van der Waals surface area contributed by atoms with E-state index in [9.17, 15) is 9.59 Å². The Bertz CT molecular complexity index is 605. The largest absolute Gasteiger partial charge is 0.479 e. The Hall–Kier alpha value is -2.08. The highest BCUT2D eigenvalue weighted by Crippen LogP contribution is 2.33. The first kappa shape index (κ1) is 15.8. The Morgan fingerprint density at radius 3 is 2.96 bits per heavy atom. The minimum absolute atomic E-state index is 0.0280. The van der Waals surface area contributed by atoms with Crippen LogP contribution in [-0.4, -0.2) is 43.6 Å². The van der Waals surface area contributed by atoms with Gasteiger partial charge in [0.25, 0.3) is 5.91 Å². The van der Waals surface area contributed by atoms with E-state index in [1.54, 1.807) is 13.0 Å². The van der Waals surface area contributed by atoms with Crippen LogP contribution in [0.5, 0.6) is 5.75 Å². The van der Waals surface area contributed by atoms with E-state index < -0.39 is 6.10 Å². The SMILES string of the molecule is CC1Oc2ccccc2N(CC(=O)NC2CCNCC2C)C1=O. The van der Waals surface area contributed by atoms with Crippen molar-refractivity contribution in [2.45, 2.75) is 32.4 Å². The first-order valence-corrected chi connectivity index (χ1v) is 8.13. The van der Waals surface area contributed by atoms with Gasteiger partial charge in [-0.05, 0) is 44.5 Å². The number of carbonyl (C=O) groups excluding carboxylic acids is 2. The van der Waals surface area contributed by atoms with Gasteiger partial charge in [0.05, 0.1) is 5.69 Å². The molecule has 6 nitrogen and oxygen atoms in total. The Morgan fingerprint density at radius 2 is 2.17 bits per heavy atom. The van der Waals surface area contributed by atoms with Gasteiger partial charge in [-0.2, -0.15) is 0 Å². The summed E-state index contributed by atoms with van der Waals surface area (Å²) in [7, 11) is 0. The van der Waals surface area contributed by atoms with Crippen LogP contribution in [0, 0.1) is 5.92 Å². The number of hydrogen-bond acceptors (Lipinski definition) is 4. The minimum atomic E-state index is -0.574. The lowest BCUT2D eigenvalue weighted by atomic mass is 9.95.